The molecule has 1 fully saturated rings. The van der Waals surface area contributed by atoms with Crippen LogP contribution in [-0.4, -0.2) is 40.9 Å². The molecule has 0 aliphatic carbocycles. The van der Waals surface area contributed by atoms with E-state index in [9.17, 15) is 9.59 Å². The molecule has 1 aromatic carbocycles. The van der Waals surface area contributed by atoms with E-state index >= 15 is 0 Å². The van der Waals surface area contributed by atoms with Crippen LogP contribution in [0.5, 0.6) is 0 Å². The van der Waals surface area contributed by atoms with Crippen LogP contribution in [0.2, 0.25) is 0 Å². The van der Waals surface area contributed by atoms with Gasteiger partial charge in [0.2, 0.25) is 11.9 Å². The fraction of sp³-hybridized carbons (Fsp3) is 0.308. The van der Waals surface area contributed by atoms with Crippen LogP contribution in [0.25, 0.3) is 0 Å². The van der Waals surface area contributed by atoms with Gasteiger partial charge in [-0.05, 0) is 23.8 Å². The number of carbonyl (C=O) groups excluding carboxylic acids is 1. The molecule has 0 radical (unpaired) electrons. The first-order valence-electron chi connectivity index (χ1n) is 6.34. The molecule has 0 atom stereocenters. The highest BCUT2D eigenvalue weighted by Crippen LogP contribution is 2.29. The van der Waals surface area contributed by atoms with Crippen molar-refractivity contribution in [2.75, 3.05) is 18.4 Å². The van der Waals surface area contributed by atoms with Gasteiger partial charge in [0.25, 0.3) is 0 Å². The third-order valence-corrected chi connectivity index (χ3v) is 3.22. The lowest BCUT2D eigenvalue weighted by molar-refractivity contribution is -0.136. The zero-order chi connectivity index (χ0) is 14.1. The van der Waals surface area contributed by atoms with Crippen molar-refractivity contribution in [3.8, 4) is 0 Å². The van der Waals surface area contributed by atoms with Crippen molar-refractivity contribution < 1.29 is 14.7 Å². The fourth-order valence-corrected chi connectivity index (χ4v) is 2.29. The Morgan fingerprint density at radius 3 is 3.10 bits per heavy atom. The lowest BCUT2D eigenvalue weighted by Gasteiger charge is -2.23. The summed E-state index contributed by atoms with van der Waals surface area (Å²) in [4.78, 5) is 28.1. The second-order valence-corrected chi connectivity index (χ2v) is 4.75. The van der Waals surface area contributed by atoms with E-state index in [1.807, 2.05) is 23.1 Å². The molecule has 7 heteroatoms. The first-order valence-corrected chi connectivity index (χ1v) is 6.34. The minimum Gasteiger partial charge on any atom is -0.481 e. The number of amides is 1. The summed E-state index contributed by atoms with van der Waals surface area (Å²) >= 11 is 0. The van der Waals surface area contributed by atoms with Crippen LogP contribution in [0.4, 0.5) is 11.4 Å². The number of nitrogens with one attached hydrogen (secondary N) is 2. The van der Waals surface area contributed by atoms with Gasteiger partial charge in [-0.2, -0.15) is 0 Å². The van der Waals surface area contributed by atoms with Crippen molar-refractivity contribution in [2.45, 2.75) is 13.0 Å². The van der Waals surface area contributed by atoms with Gasteiger partial charge in [-0.3, -0.25) is 14.9 Å². The number of carboxylic acid groups (broad SMARTS) is 1. The number of aliphatic carboxylic acids is 1. The predicted octanol–water partition coefficient (Wildman–Crippen LogP) is 0.506. The zero-order valence-electron chi connectivity index (χ0n) is 10.7. The van der Waals surface area contributed by atoms with Crippen LogP contribution >= 0.6 is 0 Å². The minimum atomic E-state index is -0.827. The van der Waals surface area contributed by atoms with Crippen LogP contribution < -0.4 is 10.6 Å². The van der Waals surface area contributed by atoms with E-state index in [4.69, 9.17) is 5.11 Å². The lowest BCUT2D eigenvalue weighted by atomic mass is 10.1. The van der Waals surface area contributed by atoms with Crippen molar-refractivity contribution in [3.05, 3.63) is 23.8 Å². The molecule has 3 N–H and O–H groups in total. The Morgan fingerprint density at radius 2 is 2.30 bits per heavy atom. The van der Waals surface area contributed by atoms with Crippen LogP contribution in [0.3, 0.4) is 0 Å². The molecule has 0 spiro atoms. The summed E-state index contributed by atoms with van der Waals surface area (Å²) < 4.78 is 0. The number of hydrogen-bond donors (Lipinski definition) is 3. The first-order chi connectivity index (χ1) is 9.61. The Balaban J connectivity index is 1.74. The molecule has 2 aliphatic rings. The molecule has 7 nitrogen and oxygen atoms in total. The van der Waals surface area contributed by atoms with E-state index in [1.54, 1.807) is 0 Å². The van der Waals surface area contributed by atoms with Crippen molar-refractivity contribution in [2.24, 2.45) is 4.99 Å². The maximum absolute atomic E-state index is 11.3. The van der Waals surface area contributed by atoms with Gasteiger partial charge in [-0.1, -0.05) is 0 Å². The minimum absolute atomic E-state index is 0.0450. The van der Waals surface area contributed by atoms with Gasteiger partial charge >= 0.3 is 5.97 Å². The van der Waals surface area contributed by atoms with Crippen molar-refractivity contribution in [1.29, 1.82) is 0 Å². The summed E-state index contributed by atoms with van der Waals surface area (Å²) in [5.74, 6) is -0.267. The fourth-order valence-electron chi connectivity index (χ4n) is 2.29. The molecule has 1 amide bonds. The van der Waals surface area contributed by atoms with Crippen LogP contribution in [0, 0.1) is 0 Å². The number of carbonyl (C=O) groups is 2. The van der Waals surface area contributed by atoms with Crippen molar-refractivity contribution in [3.63, 3.8) is 0 Å². The number of rotatable bonds is 4. The van der Waals surface area contributed by atoms with Crippen LogP contribution in [0.15, 0.2) is 23.2 Å². The predicted molar refractivity (Wildman–Crippen MR) is 72.8 cm³/mol. The Hall–Kier alpha value is -2.57. The third-order valence-electron chi connectivity index (χ3n) is 3.22. The summed E-state index contributed by atoms with van der Waals surface area (Å²) in [6, 6.07) is 5.67. The van der Waals surface area contributed by atoms with E-state index in [0.29, 0.717) is 25.6 Å². The normalized spacial score (nSPS) is 16.1. The van der Waals surface area contributed by atoms with Gasteiger partial charge < -0.3 is 15.3 Å². The Morgan fingerprint density at radius 1 is 1.45 bits per heavy atom. The molecule has 2 heterocycles. The molecule has 0 aromatic heterocycles. The second-order valence-electron chi connectivity index (χ2n) is 4.75. The van der Waals surface area contributed by atoms with Crippen molar-refractivity contribution >= 4 is 29.2 Å². The lowest BCUT2D eigenvalue weighted by Crippen LogP contribution is -2.32. The number of benzene rings is 1. The van der Waals surface area contributed by atoms with Crippen LogP contribution in [-0.2, 0) is 16.1 Å². The van der Waals surface area contributed by atoms with Gasteiger partial charge in [0, 0.05) is 18.8 Å². The molecule has 1 saturated heterocycles. The molecular formula is C13H14N4O3. The van der Waals surface area contributed by atoms with E-state index in [0.717, 1.165) is 16.9 Å². The van der Waals surface area contributed by atoms with Gasteiger partial charge in [0.05, 0.1) is 12.1 Å². The molecule has 0 unspecified atom stereocenters. The first kappa shape index (κ1) is 12.5. The Kier molecular flexibility index (Phi) is 3.02. The highest BCUT2D eigenvalue weighted by Gasteiger charge is 2.28. The Bertz CT molecular complexity index is 612. The van der Waals surface area contributed by atoms with Gasteiger partial charge in [-0.15, -0.1) is 0 Å². The maximum Gasteiger partial charge on any atom is 0.305 e. The SMILES string of the molecule is O=C(O)CCNc1ccc2c(c1)CN1CC(=O)NC1=N2. The molecular weight excluding hydrogens is 260 g/mol. The number of carboxylic acids is 1. The van der Waals surface area contributed by atoms with E-state index in [1.165, 1.54) is 0 Å². The highest BCUT2D eigenvalue weighted by atomic mass is 16.4. The molecule has 0 bridgehead atoms. The largest absolute Gasteiger partial charge is 0.481 e. The van der Waals surface area contributed by atoms with Crippen LogP contribution in [0.1, 0.15) is 12.0 Å². The smallest absolute Gasteiger partial charge is 0.305 e. The number of guanidine groups is 1. The second kappa shape index (κ2) is 4.84. The van der Waals surface area contributed by atoms with E-state index in [2.05, 4.69) is 15.6 Å². The topological polar surface area (TPSA) is 94.0 Å². The average molecular weight is 274 g/mol. The molecule has 1 aromatic rings. The van der Waals surface area contributed by atoms with E-state index in [-0.39, 0.29) is 12.3 Å². The number of fused-ring (bicyclic) bond motifs is 2. The van der Waals surface area contributed by atoms with Gasteiger partial charge in [0.1, 0.15) is 6.54 Å². The quantitative estimate of drug-likeness (QED) is 0.743. The Labute approximate surface area is 115 Å². The molecule has 104 valence electrons. The summed E-state index contributed by atoms with van der Waals surface area (Å²) in [6.07, 6.45) is 0.0733. The zero-order valence-corrected chi connectivity index (χ0v) is 10.7. The number of hydrogen-bond acceptors (Lipinski definition) is 5. The molecule has 2 aliphatic heterocycles. The number of aliphatic imine (C=N–C) groups is 1. The summed E-state index contributed by atoms with van der Waals surface area (Å²) in [5.41, 5.74) is 2.72. The average Bonchev–Trinajstić information content (AvgIpc) is 2.74. The van der Waals surface area contributed by atoms with Crippen molar-refractivity contribution in [1.82, 2.24) is 10.2 Å². The maximum atomic E-state index is 11.3. The summed E-state index contributed by atoms with van der Waals surface area (Å²) in [7, 11) is 0. The monoisotopic (exact) mass is 274 g/mol. The number of anilines is 1. The standard InChI is InChI=1S/C13H14N4O3/c18-11-7-17-6-8-5-9(14-4-3-12(19)20)1-2-10(8)15-13(17)16-11/h1-2,5,14H,3-4,6-7H2,(H,19,20)(H,15,16,18). The molecule has 0 saturated carbocycles. The molecule has 3 rings (SSSR count). The summed E-state index contributed by atoms with van der Waals surface area (Å²) in [5, 5.41) is 14.4. The van der Waals surface area contributed by atoms with Gasteiger partial charge in [-0.25, -0.2) is 4.99 Å². The highest BCUT2D eigenvalue weighted by molar-refractivity contribution is 6.05. The molecule has 20 heavy (non-hydrogen) atoms. The van der Waals surface area contributed by atoms with Gasteiger partial charge in [0.15, 0.2) is 0 Å². The third kappa shape index (κ3) is 2.42. The summed E-state index contributed by atoms with van der Waals surface area (Å²) in [6.45, 7) is 1.34. The number of nitrogens with zero attached hydrogens (tertiary/aromatic N) is 2. The van der Waals surface area contributed by atoms with E-state index < -0.39 is 5.97 Å².